The molecule has 33 heavy (non-hydrogen) atoms. The molecule has 0 unspecified atom stereocenters. The van der Waals surface area contributed by atoms with Gasteiger partial charge in [-0.2, -0.15) is 0 Å². The maximum atomic E-state index is 12.4. The van der Waals surface area contributed by atoms with Crippen molar-refractivity contribution in [1.82, 2.24) is 25.4 Å². The number of benzene rings is 1. The van der Waals surface area contributed by atoms with E-state index in [4.69, 9.17) is 4.99 Å². The average molecular weight is 567 g/mol. The first-order valence-electron chi connectivity index (χ1n) is 12.2. The standard InChI is InChI=1S/C25H38N6O.HI/c1-3-26-25(27-11-10-21-18-29-23-19(2)6-4-9-22(21)23)28-12-13-30-14-16-31(17-15-30)24(32)20-7-5-8-20;/h4,6,9,18,20,29H,3,5,7-8,10-17H2,1-2H3,(H2,26,27,28);1H. The van der Waals surface area contributed by atoms with Gasteiger partial charge < -0.3 is 20.5 Å². The number of nitrogens with one attached hydrogen (secondary N) is 3. The fraction of sp³-hybridized carbons (Fsp3) is 0.600. The molecule has 1 saturated carbocycles. The Morgan fingerprint density at radius 3 is 2.67 bits per heavy atom. The summed E-state index contributed by atoms with van der Waals surface area (Å²) in [4.78, 5) is 25.1. The van der Waals surface area contributed by atoms with Crippen LogP contribution >= 0.6 is 24.0 Å². The summed E-state index contributed by atoms with van der Waals surface area (Å²) in [6, 6.07) is 6.45. The molecule has 0 spiro atoms. The van der Waals surface area contributed by atoms with E-state index in [1.54, 1.807) is 0 Å². The number of guanidine groups is 1. The summed E-state index contributed by atoms with van der Waals surface area (Å²) in [7, 11) is 0. The first-order valence-corrected chi connectivity index (χ1v) is 12.2. The quantitative estimate of drug-likeness (QED) is 0.261. The molecule has 0 bridgehead atoms. The zero-order valence-corrected chi connectivity index (χ0v) is 22.4. The van der Waals surface area contributed by atoms with Gasteiger partial charge in [0.15, 0.2) is 5.96 Å². The molecule has 1 aromatic heterocycles. The predicted molar refractivity (Wildman–Crippen MR) is 146 cm³/mol. The van der Waals surface area contributed by atoms with Crippen LogP contribution in [0.15, 0.2) is 29.4 Å². The molecule has 0 radical (unpaired) electrons. The van der Waals surface area contributed by atoms with Crippen LogP contribution in [0.5, 0.6) is 0 Å². The van der Waals surface area contributed by atoms with Crippen molar-refractivity contribution >= 4 is 46.7 Å². The van der Waals surface area contributed by atoms with Crippen LogP contribution in [0.2, 0.25) is 0 Å². The van der Waals surface area contributed by atoms with Crippen LogP contribution in [0.25, 0.3) is 10.9 Å². The van der Waals surface area contributed by atoms with Crippen molar-refractivity contribution in [3.8, 4) is 0 Å². The molecule has 8 heteroatoms. The van der Waals surface area contributed by atoms with E-state index in [1.807, 2.05) is 0 Å². The lowest BCUT2D eigenvalue weighted by molar-refractivity contribution is -0.139. The third-order valence-electron chi connectivity index (χ3n) is 6.87. The van der Waals surface area contributed by atoms with Gasteiger partial charge in [-0.15, -0.1) is 24.0 Å². The van der Waals surface area contributed by atoms with Gasteiger partial charge in [-0.05, 0) is 44.2 Å². The molecule has 2 aliphatic rings. The number of hydrogen-bond acceptors (Lipinski definition) is 3. The molecule has 7 nitrogen and oxygen atoms in total. The van der Waals surface area contributed by atoms with E-state index in [1.165, 1.54) is 28.5 Å². The molecule has 2 fully saturated rings. The van der Waals surface area contributed by atoms with E-state index in [2.05, 4.69) is 63.7 Å². The minimum absolute atomic E-state index is 0. The van der Waals surface area contributed by atoms with Crippen molar-refractivity contribution in [3.05, 3.63) is 35.5 Å². The summed E-state index contributed by atoms with van der Waals surface area (Å²) < 4.78 is 0. The molecule has 0 atom stereocenters. The predicted octanol–water partition coefficient (Wildman–Crippen LogP) is 3.14. The number of carbonyl (C=O) groups excluding carboxylic acids is 1. The van der Waals surface area contributed by atoms with Crippen LogP contribution in [0.3, 0.4) is 0 Å². The summed E-state index contributed by atoms with van der Waals surface area (Å²) in [5.74, 6) is 1.58. The van der Waals surface area contributed by atoms with E-state index in [0.717, 1.165) is 77.6 Å². The van der Waals surface area contributed by atoms with Crippen LogP contribution in [0.4, 0.5) is 0 Å². The van der Waals surface area contributed by atoms with Crippen molar-refractivity contribution in [2.24, 2.45) is 10.9 Å². The van der Waals surface area contributed by atoms with Gasteiger partial charge >= 0.3 is 0 Å². The number of para-hydroxylation sites is 1. The number of H-pyrrole nitrogens is 1. The fourth-order valence-electron chi connectivity index (χ4n) is 4.64. The Morgan fingerprint density at radius 2 is 1.97 bits per heavy atom. The van der Waals surface area contributed by atoms with Crippen LogP contribution in [-0.2, 0) is 11.2 Å². The van der Waals surface area contributed by atoms with Crippen LogP contribution in [0.1, 0.15) is 37.3 Å². The van der Waals surface area contributed by atoms with Gasteiger partial charge in [-0.3, -0.25) is 14.7 Å². The van der Waals surface area contributed by atoms with Crippen molar-refractivity contribution in [2.75, 3.05) is 52.4 Å². The Labute approximate surface area is 214 Å². The normalized spacial score (nSPS) is 17.5. The largest absolute Gasteiger partial charge is 0.361 e. The van der Waals surface area contributed by atoms with E-state index in [0.29, 0.717) is 11.8 Å². The highest BCUT2D eigenvalue weighted by molar-refractivity contribution is 14.0. The van der Waals surface area contributed by atoms with E-state index >= 15 is 0 Å². The molecule has 2 heterocycles. The van der Waals surface area contributed by atoms with Crippen molar-refractivity contribution in [3.63, 3.8) is 0 Å². The topological polar surface area (TPSA) is 75.8 Å². The number of nitrogens with zero attached hydrogens (tertiary/aromatic N) is 3. The monoisotopic (exact) mass is 566 g/mol. The lowest BCUT2D eigenvalue weighted by Gasteiger charge is -2.38. The number of fused-ring (bicyclic) bond motifs is 1. The van der Waals surface area contributed by atoms with Crippen molar-refractivity contribution in [1.29, 1.82) is 0 Å². The summed E-state index contributed by atoms with van der Waals surface area (Å²) in [6.07, 6.45) is 6.48. The number of rotatable bonds is 8. The van der Waals surface area contributed by atoms with E-state index in [-0.39, 0.29) is 24.0 Å². The zero-order valence-electron chi connectivity index (χ0n) is 20.0. The number of carbonyl (C=O) groups is 1. The third kappa shape index (κ3) is 6.62. The fourth-order valence-corrected chi connectivity index (χ4v) is 4.64. The number of aromatic nitrogens is 1. The number of aromatic amines is 1. The number of halogens is 1. The second-order valence-corrected chi connectivity index (χ2v) is 9.04. The number of piperazine rings is 1. The molecule has 1 amide bonds. The lowest BCUT2D eigenvalue weighted by atomic mass is 9.84. The van der Waals surface area contributed by atoms with E-state index in [9.17, 15) is 4.79 Å². The Balaban J connectivity index is 0.00000306. The molecule has 182 valence electrons. The number of aliphatic imine (C=N–C) groups is 1. The van der Waals surface area contributed by atoms with Gasteiger partial charge in [0.2, 0.25) is 5.91 Å². The maximum Gasteiger partial charge on any atom is 0.225 e. The Kier molecular flexibility index (Phi) is 9.85. The highest BCUT2D eigenvalue weighted by Crippen LogP contribution is 2.28. The van der Waals surface area contributed by atoms with Gasteiger partial charge in [0.1, 0.15) is 0 Å². The molecule has 2 aromatic rings. The molecule has 1 aromatic carbocycles. The first-order chi connectivity index (χ1) is 15.7. The van der Waals surface area contributed by atoms with E-state index < -0.39 is 0 Å². The van der Waals surface area contributed by atoms with Crippen LogP contribution in [-0.4, -0.2) is 79.0 Å². The SMILES string of the molecule is CCNC(=NCCN1CCN(C(=O)C2CCC2)CC1)NCCc1c[nH]c2c(C)cccc12.I. The van der Waals surface area contributed by atoms with Crippen molar-refractivity contribution < 1.29 is 4.79 Å². The molecule has 1 aliphatic carbocycles. The summed E-state index contributed by atoms with van der Waals surface area (Å²) in [5, 5.41) is 8.14. The smallest absolute Gasteiger partial charge is 0.225 e. The highest BCUT2D eigenvalue weighted by Gasteiger charge is 2.30. The summed E-state index contributed by atoms with van der Waals surface area (Å²) in [6.45, 7) is 11.3. The Hall–Kier alpha value is -1.81. The third-order valence-corrected chi connectivity index (χ3v) is 6.87. The number of aryl methyl sites for hydroxylation is 1. The number of amides is 1. The molecule has 1 saturated heterocycles. The summed E-state index contributed by atoms with van der Waals surface area (Å²) in [5.41, 5.74) is 3.85. The average Bonchev–Trinajstić information content (AvgIpc) is 3.17. The molecule has 4 rings (SSSR count). The zero-order chi connectivity index (χ0) is 22.3. The Bertz CT molecular complexity index is 930. The van der Waals surface area contributed by atoms with Crippen LogP contribution in [0, 0.1) is 12.8 Å². The second-order valence-electron chi connectivity index (χ2n) is 9.04. The lowest BCUT2D eigenvalue weighted by Crippen LogP contribution is -2.51. The molecule has 1 aliphatic heterocycles. The van der Waals surface area contributed by atoms with Gasteiger partial charge in [0.25, 0.3) is 0 Å². The minimum atomic E-state index is 0. The molecular weight excluding hydrogens is 527 g/mol. The number of hydrogen-bond donors (Lipinski definition) is 3. The second kappa shape index (κ2) is 12.6. The molecular formula is C25H39IN6O. The highest BCUT2D eigenvalue weighted by atomic mass is 127. The minimum Gasteiger partial charge on any atom is -0.361 e. The Morgan fingerprint density at radius 1 is 1.18 bits per heavy atom. The van der Waals surface area contributed by atoms with Gasteiger partial charge in [-0.25, -0.2) is 0 Å². The van der Waals surface area contributed by atoms with Crippen molar-refractivity contribution in [2.45, 2.75) is 39.5 Å². The first kappa shape index (κ1) is 25.8. The van der Waals surface area contributed by atoms with Crippen LogP contribution < -0.4 is 10.6 Å². The maximum absolute atomic E-state index is 12.4. The van der Waals surface area contributed by atoms with Gasteiger partial charge in [0.05, 0.1) is 6.54 Å². The summed E-state index contributed by atoms with van der Waals surface area (Å²) >= 11 is 0. The molecule has 3 N–H and O–H groups in total. The van der Waals surface area contributed by atoms with Gasteiger partial charge in [-0.1, -0.05) is 24.6 Å². The van der Waals surface area contributed by atoms with Gasteiger partial charge in [0, 0.05) is 68.8 Å².